The molecule has 4 heteroatoms. The lowest BCUT2D eigenvalue weighted by molar-refractivity contribution is -0.138. The number of hydrogen-bond donors (Lipinski definition) is 1. The zero-order valence-electron chi connectivity index (χ0n) is 10.0. The van der Waals surface area contributed by atoms with Crippen LogP contribution in [0.3, 0.4) is 0 Å². The van der Waals surface area contributed by atoms with Gasteiger partial charge in [0.1, 0.15) is 5.82 Å². The summed E-state index contributed by atoms with van der Waals surface area (Å²) >= 11 is 5.78. The summed E-state index contributed by atoms with van der Waals surface area (Å²) in [5, 5.41) is 9.85. The van der Waals surface area contributed by atoms with Gasteiger partial charge in [0.15, 0.2) is 0 Å². The van der Waals surface area contributed by atoms with E-state index in [1.807, 2.05) is 0 Å². The van der Waals surface area contributed by atoms with Crippen LogP contribution in [-0.2, 0) is 11.2 Å². The van der Waals surface area contributed by atoms with Gasteiger partial charge in [-0.25, -0.2) is 4.39 Å². The Bertz CT molecular complexity index is 581. The average Bonchev–Trinajstić information content (AvgIpc) is 2.37. The van der Waals surface area contributed by atoms with Crippen LogP contribution in [0.4, 0.5) is 4.39 Å². The predicted octanol–water partition coefficient (Wildman–Crippen LogP) is 3.89. The van der Waals surface area contributed by atoms with Crippen LogP contribution < -0.4 is 0 Å². The lowest BCUT2D eigenvalue weighted by atomic mass is 9.92. The molecule has 0 saturated carbocycles. The minimum atomic E-state index is -0.938. The van der Waals surface area contributed by atoms with Gasteiger partial charge < -0.3 is 5.11 Å². The summed E-state index contributed by atoms with van der Waals surface area (Å²) in [6, 6.07) is 12.6. The number of carboxylic acid groups (broad SMARTS) is 1. The Labute approximate surface area is 115 Å². The molecule has 19 heavy (non-hydrogen) atoms. The van der Waals surface area contributed by atoms with Crippen molar-refractivity contribution in [3.63, 3.8) is 0 Å². The van der Waals surface area contributed by atoms with E-state index in [2.05, 4.69) is 0 Å². The summed E-state index contributed by atoms with van der Waals surface area (Å²) in [7, 11) is 0. The highest BCUT2D eigenvalue weighted by atomic mass is 35.5. The number of hydrogen-bond acceptors (Lipinski definition) is 1. The summed E-state index contributed by atoms with van der Waals surface area (Å²) in [6.45, 7) is 0. The maximum absolute atomic E-state index is 13.1. The third-order valence-corrected chi connectivity index (χ3v) is 3.15. The van der Waals surface area contributed by atoms with E-state index in [0.29, 0.717) is 16.1 Å². The summed E-state index contributed by atoms with van der Waals surface area (Å²) in [5.41, 5.74) is 1.31. The standard InChI is InChI=1S/C15H12ClFO2/c16-12-6-4-11(5-7-12)14(15(18)19)9-10-2-1-3-13(17)8-10/h1-8,14H,9H2,(H,18,19). The van der Waals surface area contributed by atoms with Crippen LogP contribution in [-0.4, -0.2) is 11.1 Å². The highest BCUT2D eigenvalue weighted by molar-refractivity contribution is 6.30. The topological polar surface area (TPSA) is 37.3 Å². The first-order chi connectivity index (χ1) is 9.06. The average molecular weight is 279 g/mol. The molecular weight excluding hydrogens is 267 g/mol. The van der Waals surface area contributed by atoms with Crippen molar-refractivity contribution >= 4 is 17.6 Å². The SMILES string of the molecule is O=C(O)C(Cc1cccc(F)c1)c1ccc(Cl)cc1. The van der Waals surface area contributed by atoms with Crippen molar-refractivity contribution in [2.24, 2.45) is 0 Å². The normalized spacial score (nSPS) is 12.1. The van der Waals surface area contributed by atoms with Gasteiger partial charge in [-0.2, -0.15) is 0 Å². The fourth-order valence-electron chi connectivity index (χ4n) is 1.94. The number of halogens is 2. The maximum Gasteiger partial charge on any atom is 0.311 e. The molecule has 0 bridgehead atoms. The highest BCUT2D eigenvalue weighted by Gasteiger charge is 2.20. The Morgan fingerprint density at radius 2 is 1.89 bits per heavy atom. The Morgan fingerprint density at radius 3 is 2.47 bits per heavy atom. The molecule has 2 rings (SSSR count). The first-order valence-corrected chi connectivity index (χ1v) is 6.17. The quantitative estimate of drug-likeness (QED) is 0.921. The van der Waals surface area contributed by atoms with Crippen molar-refractivity contribution in [3.8, 4) is 0 Å². The molecule has 2 aromatic carbocycles. The van der Waals surface area contributed by atoms with Gasteiger partial charge in [0, 0.05) is 5.02 Å². The second-order valence-corrected chi connectivity index (χ2v) is 4.71. The molecule has 1 unspecified atom stereocenters. The molecule has 0 aliphatic heterocycles. The molecule has 2 nitrogen and oxygen atoms in total. The van der Waals surface area contributed by atoms with Crippen LogP contribution in [0.1, 0.15) is 17.0 Å². The maximum atomic E-state index is 13.1. The Morgan fingerprint density at radius 1 is 1.21 bits per heavy atom. The molecule has 1 atom stereocenters. The molecule has 2 aromatic rings. The molecule has 0 fully saturated rings. The van der Waals surface area contributed by atoms with Gasteiger partial charge in [-0.15, -0.1) is 0 Å². The van der Waals surface area contributed by atoms with E-state index < -0.39 is 11.9 Å². The first-order valence-electron chi connectivity index (χ1n) is 5.79. The number of carboxylic acids is 1. The molecule has 0 aliphatic carbocycles. The lowest BCUT2D eigenvalue weighted by Gasteiger charge is -2.13. The van der Waals surface area contributed by atoms with Gasteiger partial charge in [-0.1, -0.05) is 35.9 Å². The fourth-order valence-corrected chi connectivity index (χ4v) is 2.07. The van der Waals surface area contributed by atoms with E-state index >= 15 is 0 Å². The first kappa shape index (κ1) is 13.6. The molecule has 0 heterocycles. The molecule has 0 aliphatic rings. The van der Waals surface area contributed by atoms with Crippen molar-refractivity contribution in [2.75, 3.05) is 0 Å². The predicted molar refractivity (Wildman–Crippen MR) is 71.9 cm³/mol. The third kappa shape index (κ3) is 3.55. The summed E-state index contributed by atoms with van der Waals surface area (Å²) < 4.78 is 13.1. The zero-order chi connectivity index (χ0) is 13.8. The van der Waals surface area contributed by atoms with Crippen LogP contribution in [0.25, 0.3) is 0 Å². The van der Waals surface area contributed by atoms with E-state index in [0.717, 1.165) is 0 Å². The molecular formula is C15H12ClFO2. The third-order valence-electron chi connectivity index (χ3n) is 2.90. The van der Waals surface area contributed by atoms with Crippen molar-refractivity contribution in [1.82, 2.24) is 0 Å². The van der Waals surface area contributed by atoms with Gasteiger partial charge in [0.25, 0.3) is 0 Å². The van der Waals surface area contributed by atoms with Gasteiger partial charge in [0.05, 0.1) is 5.92 Å². The second kappa shape index (κ2) is 5.85. The van der Waals surface area contributed by atoms with Crippen molar-refractivity contribution < 1.29 is 14.3 Å². The van der Waals surface area contributed by atoms with Gasteiger partial charge >= 0.3 is 5.97 Å². The van der Waals surface area contributed by atoms with Gasteiger partial charge in [0.2, 0.25) is 0 Å². The minimum Gasteiger partial charge on any atom is -0.481 e. The Kier molecular flexibility index (Phi) is 4.17. The second-order valence-electron chi connectivity index (χ2n) is 4.28. The summed E-state index contributed by atoms with van der Waals surface area (Å²) in [5.74, 6) is -2.01. The smallest absolute Gasteiger partial charge is 0.311 e. The number of aliphatic carboxylic acids is 1. The van der Waals surface area contributed by atoms with Crippen LogP contribution in [0, 0.1) is 5.82 Å². The van der Waals surface area contributed by atoms with Crippen molar-refractivity contribution in [1.29, 1.82) is 0 Å². The van der Waals surface area contributed by atoms with Crippen LogP contribution >= 0.6 is 11.6 Å². The van der Waals surface area contributed by atoms with E-state index in [4.69, 9.17) is 11.6 Å². The highest BCUT2D eigenvalue weighted by Crippen LogP contribution is 2.23. The largest absolute Gasteiger partial charge is 0.481 e. The van der Waals surface area contributed by atoms with Crippen molar-refractivity contribution in [3.05, 3.63) is 70.5 Å². The molecule has 0 spiro atoms. The van der Waals surface area contributed by atoms with Crippen molar-refractivity contribution in [2.45, 2.75) is 12.3 Å². The van der Waals surface area contributed by atoms with E-state index in [-0.39, 0.29) is 12.2 Å². The summed E-state index contributed by atoms with van der Waals surface area (Å²) in [4.78, 5) is 11.3. The minimum absolute atomic E-state index is 0.245. The number of rotatable bonds is 4. The zero-order valence-corrected chi connectivity index (χ0v) is 10.8. The van der Waals surface area contributed by atoms with Gasteiger partial charge in [-0.3, -0.25) is 4.79 Å². The summed E-state index contributed by atoms with van der Waals surface area (Å²) in [6.07, 6.45) is 0.245. The molecule has 0 radical (unpaired) electrons. The fraction of sp³-hybridized carbons (Fsp3) is 0.133. The van der Waals surface area contributed by atoms with E-state index in [9.17, 15) is 14.3 Å². The molecule has 98 valence electrons. The number of benzene rings is 2. The van der Waals surface area contributed by atoms with Crippen LogP contribution in [0.15, 0.2) is 48.5 Å². The monoisotopic (exact) mass is 278 g/mol. The van der Waals surface area contributed by atoms with Crippen LogP contribution in [0.2, 0.25) is 5.02 Å². The molecule has 0 saturated heterocycles. The molecule has 0 amide bonds. The van der Waals surface area contributed by atoms with E-state index in [1.54, 1.807) is 36.4 Å². The van der Waals surface area contributed by atoms with Gasteiger partial charge in [-0.05, 0) is 41.8 Å². The van der Waals surface area contributed by atoms with E-state index in [1.165, 1.54) is 12.1 Å². The molecule has 1 N–H and O–H groups in total. The van der Waals surface area contributed by atoms with Crippen LogP contribution in [0.5, 0.6) is 0 Å². The Hall–Kier alpha value is -1.87. The number of carbonyl (C=O) groups is 1. The molecule has 0 aromatic heterocycles. The lowest BCUT2D eigenvalue weighted by Crippen LogP contribution is -2.14. The Balaban J connectivity index is 2.26.